The molecule has 146 valence electrons. The highest BCUT2D eigenvalue weighted by Gasteiger charge is 2.25. The lowest BCUT2D eigenvalue weighted by atomic mass is 9.97. The van der Waals surface area contributed by atoms with Crippen LogP contribution in [0.25, 0.3) is 0 Å². The monoisotopic (exact) mass is 382 g/mol. The molecule has 1 aliphatic rings. The van der Waals surface area contributed by atoms with Crippen LogP contribution in [0.15, 0.2) is 12.1 Å². The van der Waals surface area contributed by atoms with Gasteiger partial charge in [-0.15, -0.1) is 0 Å². The van der Waals surface area contributed by atoms with E-state index in [1.54, 1.807) is 19.2 Å². The summed E-state index contributed by atoms with van der Waals surface area (Å²) in [7, 11) is 3.52. The summed E-state index contributed by atoms with van der Waals surface area (Å²) >= 11 is 6.40. The van der Waals surface area contributed by atoms with E-state index in [1.807, 2.05) is 11.9 Å². The van der Waals surface area contributed by atoms with E-state index in [-0.39, 0.29) is 5.91 Å². The van der Waals surface area contributed by atoms with E-state index >= 15 is 0 Å². The number of piperidine rings is 1. The van der Waals surface area contributed by atoms with Gasteiger partial charge < -0.3 is 19.7 Å². The number of nitrogens with zero attached hydrogens (tertiary/aromatic N) is 1. The predicted molar refractivity (Wildman–Crippen MR) is 106 cm³/mol. The zero-order valence-electron chi connectivity index (χ0n) is 16.3. The Morgan fingerprint density at radius 2 is 2.19 bits per heavy atom. The van der Waals surface area contributed by atoms with E-state index in [9.17, 15) is 4.79 Å². The summed E-state index contributed by atoms with van der Waals surface area (Å²) in [5.74, 6) is 2.06. The van der Waals surface area contributed by atoms with Crippen LogP contribution >= 0.6 is 11.6 Å². The van der Waals surface area contributed by atoms with Crippen molar-refractivity contribution in [2.45, 2.75) is 33.1 Å². The van der Waals surface area contributed by atoms with Gasteiger partial charge in [-0.05, 0) is 56.8 Å². The topological polar surface area (TPSA) is 50.8 Å². The van der Waals surface area contributed by atoms with E-state index in [1.165, 1.54) is 0 Å². The molecule has 1 N–H and O–H groups in total. The van der Waals surface area contributed by atoms with Gasteiger partial charge in [0.05, 0.1) is 18.7 Å². The van der Waals surface area contributed by atoms with Crippen LogP contribution in [0.4, 0.5) is 0 Å². The average molecular weight is 383 g/mol. The van der Waals surface area contributed by atoms with E-state index in [0.717, 1.165) is 38.9 Å². The van der Waals surface area contributed by atoms with Gasteiger partial charge in [0.1, 0.15) is 0 Å². The quantitative estimate of drug-likeness (QED) is 0.742. The normalized spacial score (nSPS) is 17.5. The van der Waals surface area contributed by atoms with Gasteiger partial charge in [-0.2, -0.15) is 0 Å². The molecule has 1 heterocycles. The van der Waals surface area contributed by atoms with E-state index in [2.05, 4.69) is 19.2 Å². The van der Waals surface area contributed by atoms with Gasteiger partial charge >= 0.3 is 0 Å². The lowest BCUT2D eigenvalue weighted by Gasteiger charge is -2.33. The standard InChI is InChI=1S/C20H31ClN2O3/c1-14(2)7-9-26-19-17(21)10-16(11-18(19)25-4)20(24)23-8-5-6-15(13-23)12-22-3/h10-11,14-15,22H,5-9,12-13H2,1-4H3. The zero-order valence-corrected chi connectivity index (χ0v) is 17.1. The summed E-state index contributed by atoms with van der Waals surface area (Å²) in [6, 6.07) is 3.43. The minimum atomic E-state index is -0.000247. The first-order valence-corrected chi connectivity index (χ1v) is 9.78. The number of methoxy groups -OCH3 is 1. The van der Waals surface area contributed by atoms with Crippen LogP contribution in [-0.4, -0.2) is 51.2 Å². The Bertz CT molecular complexity index is 605. The van der Waals surface area contributed by atoms with Crippen molar-refractivity contribution in [2.75, 3.05) is 40.4 Å². The molecule has 0 saturated carbocycles. The Labute approximate surface area is 162 Å². The first kappa shape index (κ1) is 20.8. The number of carbonyl (C=O) groups is 1. The van der Waals surface area contributed by atoms with Crippen molar-refractivity contribution in [1.29, 1.82) is 0 Å². The fourth-order valence-corrected chi connectivity index (χ4v) is 3.53. The van der Waals surface area contributed by atoms with Crippen molar-refractivity contribution in [1.82, 2.24) is 10.2 Å². The minimum Gasteiger partial charge on any atom is -0.493 e. The molecule has 1 amide bonds. The summed E-state index contributed by atoms with van der Waals surface area (Å²) in [5, 5.41) is 3.62. The number of halogens is 1. The number of hydrogen-bond donors (Lipinski definition) is 1. The molecule has 1 aromatic carbocycles. The number of amides is 1. The molecule has 1 atom stereocenters. The molecule has 1 fully saturated rings. The number of ether oxygens (including phenoxy) is 2. The molecule has 0 aromatic heterocycles. The lowest BCUT2D eigenvalue weighted by molar-refractivity contribution is 0.0674. The van der Waals surface area contributed by atoms with Gasteiger partial charge in [-0.3, -0.25) is 4.79 Å². The SMILES string of the molecule is CNCC1CCCN(C(=O)c2cc(Cl)c(OCCC(C)C)c(OC)c2)C1. The Morgan fingerprint density at radius 1 is 1.42 bits per heavy atom. The van der Waals surface area contributed by atoms with Crippen molar-refractivity contribution in [3.8, 4) is 11.5 Å². The summed E-state index contributed by atoms with van der Waals surface area (Å²) < 4.78 is 11.2. The van der Waals surface area contributed by atoms with Crippen LogP contribution in [0.3, 0.4) is 0 Å². The van der Waals surface area contributed by atoms with Gasteiger partial charge in [0.2, 0.25) is 0 Å². The Morgan fingerprint density at radius 3 is 2.85 bits per heavy atom. The van der Waals surface area contributed by atoms with E-state index in [4.69, 9.17) is 21.1 Å². The first-order valence-electron chi connectivity index (χ1n) is 9.40. The predicted octanol–water partition coefficient (Wildman–Crippen LogP) is 3.85. The molecule has 6 heteroatoms. The third kappa shape index (κ3) is 5.52. The smallest absolute Gasteiger partial charge is 0.254 e. The molecule has 1 aliphatic heterocycles. The van der Waals surface area contributed by atoms with Gasteiger partial charge in [0.25, 0.3) is 5.91 Å². The molecular weight excluding hydrogens is 352 g/mol. The largest absolute Gasteiger partial charge is 0.493 e. The zero-order chi connectivity index (χ0) is 19.1. The van der Waals surface area contributed by atoms with Crippen LogP contribution in [0, 0.1) is 11.8 Å². The maximum atomic E-state index is 12.9. The van der Waals surface area contributed by atoms with Crippen LogP contribution in [0.1, 0.15) is 43.5 Å². The molecular formula is C20H31ClN2O3. The van der Waals surface area contributed by atoms with Gasteiger partial charge in [-0.1, -0.05) is 25.4 Å². The molecule has 0 bridgehead atoms. The third-order valence-electron chi connectivity index (χ3n) is 4.72. The molecule has 5 nitrogen and oxygen atoms in total. The fourth-order valence-electron chi connectivity index (χ4n) is 3.27. The van der Waals surface area contributed by atoms with Gasteiger partial charge in [0, 0.05) is 18.7 Å². The van der Waals surface area contributed by atoms with Crippen LogP contribution in [0.2, 0.25) is 5.02 Å². The number of likely N-dealkylation sites (tertiary alicyclic amines) is 1. The minimum absolute atomic E-state index is 0.000247. The summed E-state index contributed by atoms with van der Waals surface area (Å²) in [5.41, 5.74) is 0.549. The maximum absolute atomic E-state index is 12.9. The second kappa shape index (κ2) is 10.0. The van der Waals surface area contributed by atoms with E-state index in [0.29, 0.717) is 40.5 Å². The van der Waals surface area contributed by atoms with Crippen LogP contribution < -0.4 is 14.8 Å². The Hall–Kier alpha value is -1.46. The number of benzene rings is 1. The first-order chi connectivity index (χ1) is 12.5. The van der Waals surface area contributed by atoms with Crippen molar-refractivity contribution in [3.05, 3.63) is 22.7 Å². The highest BCUT2D eigenvalue weighted by atomic mass is 35.5. The second-order valence-corrected chi connectivity index (χ2v) is 7.74. The number of hydrogen-bond acceptors (Lipinski definition) is 4. The molecule has 0 aliphatic carbocycles. The molecule has 2 rings (SSSR count). The third-order valence-corrected chi connectivity index (χ3v) is 5.00. The van der Waals surface area contributed by atoms with Crippen molar-refractivity contribution >= 4 is 17.5 Å². The number of nitrogens with one attached hydrogen (secondary N) is 1. The lowest BCUT2D eigenvalue weighted by Crippen LogP contribution is -2.42. The molecule has 1 aromatic rings. The molecule has 1 unspecified atom stereocenters. The Balaban J connectivity index is 2.13. The number of rotatable bonds is 8. The van der Waals surface area contributed by atoms with Crippen molar-refractivity contribution in [2.24, 2.45) is 11.8 Å². The van der Waals surface area contributed by atoms with Crippen LogP contribution in [-0.2, 0) is 0 Å². The number of carbonyl (C=O) groups excluding carboxylic acids is 1. The summed E-state index contributed by atoms with van der Waals surface area (Å²) in [4.78, 5) is 14.8. The second-order valence-electron chi connectivity index (χ2n) is 7.34. The summed E-state index contributed by atoms with van der Waals surface area (Å²) in [6.45, 7) is 7.33. The highest BCUT2D eigenvalue weighted by Crippen LogP contribution is 2.37. The molecule has 26 heavy (non-hydrogen) atoms. The average Bonchev–Trinajstić information content (AvgIpc) is 2.62. The molecule has 1 saturated heterocycles. The fraction of sp³-hybridized carbons (Fsp3) is 0.650. The summed E-state index contributed by atoms with van der Waals surface area (Å²) in [6.07, 6.45) is 3.11. The van der Waals surface area contributed by atoms with Crippen molar-refractivity contribution < 1.29 is 14.3 Å². The molecule has 0 spiro atoms. The van der Waals surface area contributed by atoms with Crippen molar-refractivity contribution in [3.63, 3.8) is 0 Å². The van der Waals surface area contributed by atoms with Gasteiger partial charge in [0.15, 0.2) is 11.5 Å². The Kier molecular flexibility index (Phi) is 8.04. The highest BCUT2D eigenvalue weighted by molar-refractivity contribution is 6.32. The maximum Gasteiger partial charge on any atom is 0.254 e. The van der Waals surface area contributed by atoms with E-state index < -0.39 is 0 Å². The molecule has 0 radical (unpaired) electrons. The van der Waals surface area contributed by atoms with Gasteiger partial charge in [-0.25, -0.2) is 0 Å². The van der Waals surface area contributed by atoms with Crippen LogP contribution in [0.5, 0.6) is 11.5 Å².